The lowest BCUT2D eigenvalue weighted by atomic mass is 9.89. The summed E-state index contributed by atoms with van der Waals surface area (Å²) < 4.78 is 39.0. The molecule has 3 N–H and O–H groups in total. The van der Waals surface area contributed by atoms with E-state index in [4.69, 9.17) is 9.47 Å². The van der Waals surface area contributed by atoms with Crippen LogP contribution in [0.15, 0.2) is 54.6 Å². The molecule has 0 aromatic heterocycles. The fourth-order valence-electron chi connectivity index (χ4n) is 4.66. The molecule has 43 heavy (non-hydrogen) atoms. The zero-order valence-corrected chi connectivity index (χ0v) is 24.2. The van der Waals surface area contributed by atoms with Gasteiger partial charge < -0.3 is 29.8 Å². The van der Waals surface area contributed by atoms with Crippen LogP contribution in [0.2, 0.25) is 0 Å². The van der Waals surface area contributed by atoms with Crippen LogP contribution in [0, 0.1) is 22.0 Å². The summed E-state index contributed by atoms with van der Waals surface area (Å²) in [5.74, 6) is -4.56. The lowest BCUT2D eigenvalue weighted by Gasteiger charge is -2.20. The Balaban J connectivity index is 1.59. The minimum atomic E-state index is -3.25. The monoisotopic (exact) mass is 612 g/mol. The van der Waals surface area contributed by atoms with Gasteiger partial charge in [-0.1, -0.05) is 42.8 Å². The van der Waals surface area contributed by atoms with Gasteiger partial charge in [0, 0.05) is 25.2 Å². The van der Waals surface area contributed by atoms with E-state index in [0.29, 0.717) is 44.3 Å². The molecule has 0 aliphatic heterocycles. The van der Waals surface area contributed by atoms with Crippen LogP contribution >= 0.6 is 0 Å². The van der Waals surface area contributed by atoms with Gasteiger partial charge in [0.25, 0.3) is 11.0 Å². The maximum Gasteiger partial charge on any atom is 0.305 e. The third-order valence-electron chi connectivity index (χ3n) is 6.91. The van der Waals surface area contributed by atoms with Crippen LogP contribution in [-0.4, -0.2) is 71.7 Å². The van der Waals surface area contributed by atoms with Gasteiger partial charge in [-0.25, -0.2) is 0 Å². The number of hydrogen-bond acceptors (Lipinski definition) is 9. The summed E-state index contributed by atoms with van der Waals surface area (Å²) in [6.07, 6.45) is 7.61. The molecule has 0 saturated heterocycles. The van der Waals surface area contributed by atoms with Gasteiger partial charge >= 0.3 is 5.97 Å². The van der Waals surface area contributed by atoms with Crippen LogP contribution in [0.1, 0.15) is 57.8 Å². The average Bonchev–Trinajstić information content (AvgIpc) is 3.24. The molecule has 240 valence electrons. The van der Waals surface area contributed by atoms with Crippen LogP contribution in [-0.2, 0) is 19.2 Å². The predicted octanol–water partition coefficient (Wildman–Crippen LogP) is 4.16. The average molecular weight is 613 g/mol. The third-order valence-corrected chi connectivity index (χ3v) is 6.91. The van der Waals surface area contributed by atoms with Crippen LogP contribution < -0.4 is 10.1 Å². The number of carbonyl (C=O) groups excluding carboxylic acids is 2. The van der Waals surface area contributed by atoms with Crippen molar-refractivity contribution in [3.8, 4) is 5.75 Å². The van der Waals surface area contributed by atoms with Crippen molar-refractivity contribution in [2.75, 3.05) is 26.4 Å². The first-order valence-electron chi connectivity index (χ1n) is 14.5. The van der Waals surface area contributed by atoms with Crippen molar-refractivity contribution in [2.45, 2.75) is 75.9 Å². The van der Waals surface area contributed by atoms with Crippen molar-refractivity contribution in [1.29, 1.82) is 0 Å². The number of aliphatic hydroxyl groups excluding tert-OH is 2. The van der Waals surface area contributed by atoms with Crippen LogP contribution in [0.5, 0.6) is 5.75 Å². The maximum atomic E-state index is 14.4. The molecule has 4 atom stereocenters. The van der Waals surface area contributed by atoms with E-state index in [-0.39, 0.29) is 44.9 Å². The largest absolute Gasteiger partial charge is 0.487 e. The number of alkyl halides is 2. The first kappa shape index (κ1) is 35.6. The van der Waals surface area contributed by atoms with Gasteiger partial charge in [0.2, 0.25) is 5.91 Å². The molecule has 0 bridgehead atoms. The summed E-state index contributed by atoms with van der Waals surface area (Å²) in [4.78, 5) is 37.9. The lowest BCUT2D eigenvalue weighted by molar-refractivity contribution is -0.757. The highest BCUT2D eigenvalue weighted by Crippen LogP contribution is 2.37. The minimum Gasteiger partial charge on any atom is -0.487 e. The van der Waals surface area contributed by atoms with Crippen LogP contribution in [0.3, 0.4) is 0 Å². The van der Waals surface area contributed by atoms with E-state index in [9.17, 15) is 38.7 Å². The Bertz CT molecular complexity index is 1040. The maximum absolute atomic E-state index is 14.4. The Kier molecular flexibility index (Phi) is 16.2. The quantitative estimate of drug-likeness (QED) is 0.0610. The van der Waals surface area contributed by atoms with E-state index >= 15 is 0 Å². The molecule has 0 heterocycles. The number of rotatable bonds is 21. The zero-order chi connectivity index (χ0) is 31.5. The molecule has 1 saturated carbocycles. The van der Waals surface area contributed by atoms with Crippen molar-refractivity contribution in [3.63, 3.8) is 0 Å². The number of para-hydroxylation sites is 1. The van der Waals surface area contributed by atoms with Crippen LogP contribution in [0.25, 0.3) is 0 Å². The second-order valence-electron chi connectivity index (χ2n) is 10.4. The van der Waals surface area contributed by atoms with Gasteiger partial charge in [0.15, 0.2) is 6.61 Å². The highest BCUT2D eigenvalue weighted by Gasteiger charge is 2.40. The van der Waals surface area contributed by atoms with Crippen molar-refractivity contribution in [2.24, 2.45) is 11.8 Å². The molecule has 2 rings (SSSR count). The number of hydrogen-bond donors (Lipinski definition) is 3. The first-order valence-corrected chi connectivity index (χ1v) is 14.5. The number of benzene rings is 1. The van der Waals surface area contributed by atoms with E-state index in [2.05, 4.69) is 10.2 Å². The van der Waals surface area contributed by atoms with Crippen molar-refractivity contribution in [3.05, 3.63) is 64.8 Å². The third kappa shape index (κ3) is 15.5. The summed E-state index contributed by atoms with van der Waals surface area (Å²) in [5, 5.41) is 32.5. The number of allylic oxidation sites excluding steroid dienone is 2. The van der Waals surface area contributed by atoms with E-state index in [1.165, 1.54) is 6.08 Å². The molecule has 0 unspecified atom stereocenters. The van der Waals surface area contributed by atoms with Crippen molar-refractivity contribution in [1.82, 2.24) is 5.32 Å². The first-order chi connectivity index (χ1) is 20.6. The Labute approximate surface area is 250 Å². The summed E-state index contributed by atoms with van der Waals surface area (Å²) in [5.41, 5.74) is 0. The Morgan fingerprint density at radius 3 is 2.56 bits per heavy atom. The summed E-state index contributed by atoms with van der Waals surface area (Å²) in [6, 6.07) is 8.29. The molecule has 11 nitrogen and oxygen atoms in total. The van der Waals surface area contributed by atoms with Gasteiger partial charge in [0.1, 0.15) is 12.4 Å². The molecule has 1 aromatic rings. The van der Waals surface area contributed by atoms with E-state index in [0.717, 1.165) is 6.08 Å². The molecule has 1 aromatic carbocycles. The van der Waals surface area contributed by atoms with E-state index in [1.807, 2.05) is 12.2 Å². The number of unbranched alkanes of at least 4 members (excludes halogenated alkanes) is 3. The van der Waals surface area contributed by atoms with Gasteiger partial charge in [-0.3, -0.25) is 9.59 Å². The number of nitrogens with one attached hydrogen (secondary N) is 1. The number of amides is 1. The molecule has 0 radical (unpaired) electrons. The molecule has 1 fully saturated rings. The van der Waals surface area contributed by atoms with Crippen LogP contribution in [0.4, 0.5) is 8.78 Å². The zero-order valence-electron chi connectivity index (χ0n) is 24.2. The molecule has 1 aliphatic rings. The van der Waals surface area contributed by atoms with Crippen molar-refractivity contribution >= 4 is 11.9 Å². The highest BCUT2D eigenvalue weighted by atomic mass is 19.3. The van der Waals surface area contributed by atoms with Gasteiger partial charge in [-0.2, -0.15) is 8.78 Å². The number of carbonyl (C=O) groups is 2. The molecule has 1 aliphatic carbocycles. The summed E-state index contributed by atoms with van der Waals surface area (Å²) in [6.45, 7) is -0.603. The molecule has 0 spiro atoms. The Morgan fingerprint density at radius 2 is 1.81 bits per heavy atom. The SMILES string of the molecule is O=C(CCCCCO[N+](=O)[O-])NCCOC(=O)CCCC=CC[C@@H]1[C@@H](C=CC(F)(F)COc2ccccc2)[C@H](O)C[C@@H]1O. The number of halogens is 2. The van der Waals surface area contributed by atoms with Gasteiger partial charge in [0.05, 0.1) is 25.4 Å². The minimum absolute atomic E-state index is 0.00265. The molecular weight excluding hydrogens is 570 g/mol. The predicted molar refractivity (Wildman–Crippen MR) is 153 cm³/mol. The Morgan fingerprint density at radius 1 is 1.05 bits per heavy atom. The number of aliphatic hydroxyl groups is 2. The van der Waals surface area contributed by atoms with E-state index < -0.39 is 47.6 Å². The van der Waals surface area contributed by atoms with E-state index in [1.54, 1.807) is 30.3 Å². The number of esters is 1. The summed E-state index contributed by atoms with van der Waals surface area (Å²) in [7, 11) is 0. The van der Waals surface area contributed by atoms with Gasteiger partial charge in [-0.15, -0.1) is 10.1 Å². The lowest BCUT2D eigenvalue weighted by Crippen LogP contribution is -2.27. The number of nitrogens with zero attached hydrogens (tertiary/aromatic N) is 1. The second-order valence-corrected chi connectivity index (χ2v) is 10.4. The molecule has 1 amide bonds. The second kappa shape index (κ2) is 19.6. The molecular formula is C30H42F2N2O9. The standard InChI is InChI=1S/C30H42F2N2O9/c31-30(32,22-42-23-11-5-3-6-12-23)17-16-25-24(26(35)21-27(25)36)13-7-1-2-9-15-29(38)41-20-18-33-28(37)14-8-4-10-19-43-34(39)40/h1,3,5-7,11-12,16-17,24-27,35-36H,2,4,8-10,13-15,18-22H2,(H,33,37)/t24-,25-,26+,27-/m1/s1. The van der Waals surface area contributed by atoms with Gasteiger partial charge in [-0.05, 0) is 56.2 Å². The van der Waals surface area contributed by atoms with Crippen molar-refractivity contribution < 1.29 is 48.0 Å². The fourth-order valence-corrected chi connectivity index (χ4v) is 4.66. The Hall–Kier alpha value is -3.58. The summed E-state index contributed by atoms with van der Waals surface area (Å²) >= 11 is 0. The normalized spacial score (nSPS) is 20.4. The molecule has 13 heteroatoms. The topological polar surface area (TPSA) is 157 Å². The highest BCUT2D eigenvalue weighted by molar-refractivity contribution is 5.75. The fraction of sp³-hybridized carbons (Fsp3) is 0.600. The number of ether oxygens (including phenoxy) is 2. The smallest absolute Gasteiger partial charge is 0.305 e.